The molecule has 1 aliphatic rings. The average molecular weight is 257 g/mol. The number of carboxylic acid groups (broad SMARTS) is 1. The summed E-state index contributed by atoms with van der Waals surface area (Å²) in [6.07, 6.45) is 4.30. The van der Waals surface area contributed by atoms with Gasteiger partial charge in [0.2, 0.25) is 0 Å². The molecule has 0 bridgehead atoms. The van der Waals surface area contributed by atoms with Gasteiger partial charge in [0.15, 0.2) is 0 Å². The Kier molecular flexibility index (Phi) is 6.04. The van der Waals surface area contributed by atoms with Crippen LogP contribution in [-0.4, -0.2) is 46.9 Å². The maximum absolute atomic E-state index is 11.5. The lowest BCUT2D eigenvalue weighted by Crippen LogP contribution is -2.38. The molecule has 18 heavy (non-hydrogen) atoms. The molecule has 0 unspecified atom stereocenters. The third-order valence-electron chi connectivity index (χ3n) is 3.05. The topological polar surface area (TPSA) is 87.1 Å². The van der Waals surface area contributed by atoms with Gasteiger partial charge in [0.1, 0.15) is 6.61 Å². The second kappa shape index (κ2) is 7.58. The van der Waals surface area contributed by atoms with E-state index in [1.807, 2.05) is 0 Å². The highest BCUT2D eigenvalue weighted by molar-refractivity contribution is 5.68. The Labute approximate surface area is 106 Å². The summed E-state index contributed by atoms with van der Waals surface area (Å²) in [4.78, 5) is 23.6. The lowest BCUT2D eigenvalue weighted by molar-refractivity contribution is -0.137. The van der Waals surface area contributed by atoms with Crippen LogP contribution < -0.4 is 0 Å². The van der Waals surface area contributed by atoms with Gasteiger partial charge in [0, 0.05) is 19.5 Å². The lowest BCUT2D eigenvalue weighted by Gasteiger charge is -2.30. The van der Waals surface area contributed by atoms with Crippen molar-refractivity contribution in [2.24, 2.45) is 5.92 Å². The fraction of sp³-hybridized carbons (Fsp3) is 0.667. The molecule has 1 rings (SSSR count). The summed E-state index contributed by atoms with van der Waals surface area (Å²) in [5, 5.41) is 17.0. The molecule has 0 aromatic heterocycles. The zero-order valence-corrected chi connectivity index (χ0v) is 10.2. The summed E-state index contributed by atoms with van der Waals surface area (Å²) in [6, 6.07) is 0. The number of rotatable bonds is 5. The van der Waals surface area contributed by atoms with Crippen LogP contribution in [0.5, 0.6) is 0 Å². The summed E-state index contributed by atoms with van der Waals surface area (Å²) in [6.45, 7) is 1.27. The minimum Gasteiger partial charge on any atom is -0.516 e. The van der Waals surface area contributed by atoms with E-state index in [0.717, 1.165) is 19.1 Å². The fourth-order valence-electron chi connectivity index (χ4n) is 1.99. The third kappa shape index (κ3) is 5.07. The zero-order valence-electron chi connectivity index (χ0n) is 10.2. The second-order valence-electron chi connectivity index (χ2n) is 4.32. The Bertz CT molecular complexity index is 308. The Morgan fingerprint density at radius 2 is 2.00 bits per heavy atom. The maximum Gasteiger partial charge on any atom is 0.410 e. The molecule has 1 aliphatic heterocycles. The van der Waals surface area contributed by atoms with Crippen molar-refractivity contribution in [1.82, 2.24) is 4.90 Å². The Balaban J connectivity index is 2.21. The predicted octanol–water partition coefficient (Wildman–Crippen LogP) is 1.77. The van der Waals surface area contributed by atoms with E-state index >= 15 is 0 Å². The van der Waals surface area contributed by atoms with Crippen LogP contribution in [0.1, 0.15) is 25.7 Å². The number of carbonyl (C=O) groups excluding carboxylic acids is 1. The molecule has 0 aromatic carbocycles. The number of aliphatic hydroxyl groups excluding tert-OH is 1. The SMILES string of the molecule is O=C(O)CCC1CCN(C(=O)OC/C=C/O)CC1. The first-order chi connectivity index (χ1) is 8.63. The van der Waals surface area contributed by atoms with Crippen molar-refractivity contribution in [2.75, 3.05) is 19.7 Å². The molecule has 0 spiro atoms. The number of nitrogens with zero attached hydrogens (tertiary/aromatic N) is 1. The molecule has 1 saturated heterocycles. The van der Waals surface area contributed by atoms with Gasteiger partial charge in [-0.05, 0) is 31.3 Å². The fourth-order valence-corrected chi connectivity index (χ4v) is 1.99. The molecule has 6 heteroatoms. The first kappa shape index (κ1) is 14.3. The molecule has 0 atom stereocenters. The van der Waals surface area contributed by atoms with Crippen molar-refractivity contribution in [2.45, 2.75) is 25.7 Å². The van der Waals surface area contributed by atoms with Crippen LogP contribution in [0.2, 0.25) is 0 Å². The molecule has 6 nitrogen and oxygen atoms in total. The number of hydrogen-bond donors (Lipinski definition) is 2. The van der Waals surface area contributed by atoms with Crippen LogP contribution in [-0.2, 0) is 9.53 Å². The Morgan fingerprint density at radius 1 is 1.33 bits per heavy atom. The van der Waals surface area contributed by atoms with E-state index in [-0.39, 0.29) is 19.1 Å². The summed E-state index contributed by atoms with van der Waals surface area (Å²) < 4.78 is 4.90. The van der Waals surface area contributed by atoms with Gasteiger partial charge in [0.05, 0.1) is 6.26 Å². The molecule has 1 amide bonds. The summed E-state index contributed by atoms with van der Waals surface area (Å²) in [5.41, 5.74) is 0. The lowest BCUT2D eigenvalue weighted by atomic mass is 9.92. The molecule has 0 aromatic rings. The van der Waals surface area contributed by atoms with Gasteiger partial charge >= 0.3 is 12.1 Å². The minimum absolute atomic E-state index is 0.0638. The minimum atomic E-state index is -0.771. The smallest absolute Gasteiger partial charge is 0.410 e. The number of hydrogen-bond acceptors (Lipinski definition) is 4. The molecule has 0 aliphatic carbocycles. The number of piperidine rings is 1. The molecule has 2 N–H and O–H groups in total. The highest BCUT2D eigenvalue weighted by Crippen LogP contribution is 2.22. The first-order valence-corrected chi connectivity index (χ1v) is 6.06. The van der Waals surface area contributed by atoms with Crippen molar-refractivity contribution in [3.63, 3.8) is 0 Å². The number of aliphatic hydroxyl groups is 1. The van der Waals surface area contributed by atoms with Crippen molar-refractivity contribution in [1.29, 1.82) is 0 Å². The second-order valence-corrected chi connectivity index (χ2v) is 4.32. The molecule has 1 fully saturated rings. The highest BCUT2D eigenvalue weighted by atomic mass is 16.6. The number of amides is 1. The molecule has 0 saturated carbocycles. The molecule has 102 valence electrons. The molecular weight excluding hydrogens is 238 g/mol. The van der Waals surface area contributed by atoms with Crippen LogP contribution in [0.4, 0.5) is 4.79 Å². The van der Waals surface area contributed by atoms with E-state index in [0.29, 0.717) is 25.4 Å². The Morgan fingerprint density at radius 3 is 2.56 bits per heavy atom. The van der Waals surface area contributed by atoms with Crippen LogP contribution in [0.3, 0.4) is 0 Å². The van der Waals surface area contributed by atoms with E-state index in [1.54, 1.807) is 4.90 Å². The number of carboxylic acids is 1. The van der Waals surface area contributed by atoms with E-state index in [1.165, 1.54) is 6.08 Å². The van der Waals surface area contributed by atoms with Gasteiger partial charge in [-0.3, -0.25) is 4.79 Å². The van der Waals surface area contributed by atoms with Gasteiger partial charge in [-0.2, -0.15) is 0 Å². The van der Waals surface area contributed by atoms with Crippen LogP contribution >= 0.6 is 0 Å². The molecule has 0 radical (unpaired) electrons. The average Bonchev–Trinajstić information content (AvgIpc) is 2.37. The van der Waals surface area contributed by atoms with Crippen molar-refractivity contribution < 1.29 is 24.5 Å². The van der Waals surface area contributed by atoms with Gasteiger partial charge in [0.25, 0.3) is 0 Å². The van der Waals surface area contributed by atoms with E-state index in [2.05, 4.69) is 0 Å². The Hall–Kier alpha value is -1.72. The number of ether oxygens (including phenoxy) is 1. The molecular formula is C12H19NO5. The number of carbonyl (C=O) groups is 2. The normalized spacial score (nSPS) is 17.0. The van der Waals surface area contributed by atoms with Crippen molar-refractivity contribution in [3.05, 3.63) is 12.3 Å². The van der Waals surface area contributed by atoms with Crippen LogP contribution in [0.25, 0.3) is 0 Å². The molecule has 1 heterocycles. The summed E-state index contributed by atoms with van der Waals surface area (Å²) >= 11 is 0. The predicted molar refractivity (Wildman–Crippen MR) is 64.3 cm³/mol. The van der Waals surface area contributed by atoms with Crippen molar-refractivity contribution in [3.8, 4) is 0 Å². The van der Waals surface area contributed by atoms with Crippen molar-refractivity contribution >= 4 is 12.1 Å². The van der Waals surface area contributed by atoms with Crippen LogP contribution in [0, 0.1) is 5.92 Å². The van der Waals surface area contributed by atoms with E-state index in [9.17, 15) is 9.59 Å². The largest absolute Gasteiger partial charge is 0.516 e. The van der Waals surface area contributed by atoms with Gasteiger partial charge in [-0.15, -0.1) is 0 Å². The van der Waals surface area contributed by atoms with Crippen LogP contribution in [0.15, 0.2) is 12.3 Å². The van der Waals surface area contributed by atoms with Gasteiger partial charge in [-0.1, -0.05) is 0 Å². The first-order valence-electron chi connectivity index (χ1n) is 6.06. The quantitative estimate of drug-likeness (QED) is 0.733. The third-order valence-corrected chi connectivity index (χ3v) is 3.05. The zero-order chi connectivity index (χ0) is 13.4. The van der Waals surface area contributed by atoms with Gasteiger partial charge < -0.3 is 19.8 Å². The highest BCUT2D eigenvalue weighted by Gasteiger charge is 2.23. The monoisotopic (exact) mass is 257 g/mol. The number of aliphatic carboxylic acids is 1. The summed E-state index contributed by atoms with van der Waals surface area (Å²) in [7, 11) is 0. The van der Waals surface area contributed by atoms with E-state index in [4.69, 9.17) is 14.9 Å². The maximum atomic E-state index is 11.5. The standard InChI is InChI=1S/C12H19NO5/c14-8-1-9-18-12(17)13-6-4-10(5-7-13)2-3-11(15)16/h1,8,10,14H,2-7,9H2,(H,15,16)/b8-1+. The summed E-state index contributed by atoms with van der Waals surface area (Å²) in [5.74, 6) is -0.393. The number of likely N-dealkylation sites (tertiary alicyclic amines) is 1. The van der Waals surface area contributed by atoms with E-state index < -0.39 is 5.97 Å². The van der Waals surface area contributed by atoms with Gasteiger partial charge in [-0.25, -0.2) is 4.79 Å².